The van der Waals surface area contributed by atoms with Crippen LogP contribution in [0.4, 0.5) is 0 Å². The third-order valence-corrected chi connectivity index (χ3v) is 2.94. The molecule has 1 rings (SSSR count). The van der Waals surface area contributed by atoms with E-state index in [-0.39, 0.29) is 5.41 Å². The van der Waals surface area contributed by atoms with Crippen LogP contribution in [0.15, 0.2) is 23.6 Å². The fourth-order valence-electron chi connectivity index (χ4n) is 1.31. The van der Waals surface area contributed by atoms with Crippen molar-refractivity contribution in [1.29, 1.82) is 0 Å². The van der Waals surface area contributed by atoms with E-state index in [1.807, 2.05) is 20.1 Å². The van der Waals surface area contributed by atoms with Gasteiger partial charge >= 0.3 is 0 Å². The smallest absolute Gasteiger partial charge is 0.175 e. The lowest BCUT2D eigenvalue weighted by molar-refractivity contribution is 0.307. The van der Waals surface area contributed by atoms with Gasteiger partial charge in [-0.1, -0.05) is 19.0 Å². The first-order valence-corrected chi connectivity index (χ1v) is 5.72. The van der Waals surface area contributed by atoms with Crippen molar-refractivity contribution < 1.29 is 5.21 Å². The van der Waals surface area contributed by atoms with Crippen molar-refractivity contribution >= 4 is 17.6 Å². The summed E-state index contributed by atoms with van der Waals surface area (Å²) >= 11 is 1.72. The first-order chi connectivity index (χ1) is 6.61. The maximum atomic E-state index is 8.98. The largest absolute Gasteiger partial charge is 0.409 e. The Morgan fingerprint density at radius 2 is 2.36 bits per heavy atom. The quantitative estimate of drug-likeness (QED) is 0.361. The van der Waals surface area contributed by atoms with Crippen LogP contribution < -0.4 is 0 Å². The number of aromatic nitrogens is 2. The molecule has 1 aromatic rings. The summed E-state index contributed by atoms with van der Waals surface area (Å²) in [6.45, 7) is 4.06. The highest BCUT2D eigenvalue weighted by Gasteiger charge is 2.27. The molecule has 0 spiro atoms. The van der Waals surface area contributed by atoms with E-state index in [4.69, 9.17) is 5.21 Å². The summed E-state index contributed by atoms with van der Waals surface area (Å²) in [6.07, 6.45) is 5.47. The van der Waals surface area contributed by atoms with Gasteiger partial charge in [0.1, 0.15) is 0 Å². The molecule has 0 atom stereocenters. The van der Waals surface area contributed by atoms with Gasteiger partial charge in [-0.2, -0.15) is 16.9 Å². The third kappa shape index (κ3) is 2.29. The predicted molar refractivity (Wildman–Crippen MR) is 59.0 cm³/mol. The Bertz CT molecular complexity index is 306. The van der Waals surface area contributed by atoms with E-state index < -0.39 is 0 Å². The van der Waals surface area contributed by atoms with E-state index in [0.29, 0.717) is 5.84 Å². The Hall–Kier alpha value is -0.970. The van der Waals surface area contributed by atoms with Gasteiger partial charge in [0.25, 0.3) is 0 Å². The van der Waals surface area contributed by atoms with Crippen LogP contribution in [0.3, 0.4) is 0 Å². The van der Waals surface area contributed by atoms with Gasteiger partial charge in [-0.25, -0.2) is 4.68 Å². The summed E-state index contributed by atoms with van der Waals surface area (Å²) in [7, 11) is 0. The topological polar surface area (TPSA) is 50.4 Å². The maximum absolute atomic E-state index is 8.98. The number of thioether (sulfide) groups is 1. The van der Waals surface area contributed by atoms with Crippen LogP contribution in [0.25, 0.3) is 0 Å². The zero-order valence-corrected chi connectivity index (χ0v) is 9.45. The number of nitrogens with zero attached hydrogens (tertiary/aromatic N) is 3. The molecular weight excluding hydrogens is 198 g/mol. The van der Waals surface area contributed by atoms with Gasteiger partial charge in [-0.05, 0) is 12.3 Å². The average molecular weight is 213 g/mol. The summed E-state index contributed by atoms with van der Waals surface area (Å²) in [4.78, 5) is 0. The normalized spacial score (nSPS) is 13.2. The minimum absolute atomic E-state index is 0.194. The standard InChI is InChI=1S/C9H15N3OS/c1-9(2,7-14-3)8(11-13)12-6-4-5-10-12/h4-6,13H,7H2,1-3H3. The van der Waals surface area contributed by atoms with E-state index in [1.165, 1.54) is 0 Å². The molecule has 1 aromatic heterocycles. The summed E-state index contributed by atoms with van der Waals surface area (Å²) in [6, 6.07) is 1.81. The van der Waals surface area contributed by atoms with Crippen molar-refractivity contribution in [1.82, 2.24) is 9.78 Å². The first kappa shape index (κ1) is 11.1. The molecule has 0 aliphatic carbocycles. The number of rotatable bonds is 3. The SMILES string of the molecule is CSCC(C)(C)C(=NO)n1cccn1. The molecule has 0 fully saturated rings. The Labute approximate surface area is 88.0 Å². The first-order valence-electron chi connectivity index (χ1n) is 4.33. The summed E-state index contributed by atoms with van der Waals surface area (Å²) < 4.78 is 1.59. The van der Waals surface area contributed by atoms with Crippen LogP contribution >= 0.6 is 11.8 Å². The van der Waals surface area contributed by atoms with Crippen molar-refractivity contribution in [2.45, 2.75) is 13.8 Å². The Morgan fingerprint density at radius 3 is 2.79 bits per heavy atom. The second-order valence-corrected chi connectivity index (χ2v) is 4.56. The van der Waals surface area contributed by atoms with Crippen molar-refractivity contribution in [3.05, 3.63) is 18.5 Å². The van der Waals surface area contributed by atoms with Gasteiger partial charge in [0.05, 0.1) is 0 Å². The molecule has 0 bridgehead atoms. The minimum atomic E-state index is -0.194. The van der Waals surface area contributed by atoms with Crippen LogP contribution in [0.1, 0.15) is 13.8 Å². The summed E-state index contributed by atoms with van der Waals surface area (Å²) in [5, 5.41) is 16.4. The molecule has 1 N–H and O–H groups in total. The Balaban J connectivity index is 2.94. The summed E-state index contributed by atoms with van der Waals surface area (Å²) in [5.74, 6) is 1.45. The molecule has 0 radical (unpaired) electrons. The molecule has 78 valence electrons. The molecule has 1 heterocycles. The maximum Gasteiger partial charge on any atom is 0.175 e. The van der Waals surface area contributed by atoms with E-state index in [1.54, 1.807) is 34.9 Å². The van der Waals surface area contributed by atoms with Crippen molar-refractivity contribution in [2.75, 3.05) is 12.0 Å². The highest BCUT2D eigenvalue weighted by molar-refractivity contribution is 7.98. The van der Waals surface area contributed by atoms with Gasteiger partial charge < -0.3 is 5.21 Å². The van der Waals surface area contributed by atoms with Crippen LogP contribution in [0, 0.1) is 5.41 Å². The van der Waals surface area contributed by atoms with Gasteiger partial charge in [0.2, 0.25) is 0 Å². The van der Waals surface area contributed by atoms with E-state index in [9.17, 15) is 0 Å². The van der Waals surface area contributed by atoms with Crippen LogP contribution in [-0.2, 0) is 0 Å². The third-order valence-electron chi connectivity index (χ3n) is 1.93. The zero-order valence-electron chi connectivity index (χ0n) is 8.64. The van der Waals surface area contributed by atoms with Crippen molar-refractivity contribution in [3.8, 4) is 0 Å². The number of hydrogen-bond acceptors (Lipinski definition) is 4. The van der Waals surface area contributed by atoms with E-state index in [0.717, 1.165) is 5.75 Å². The molecular formula is C9H15N3OS. The molecule has 0 aromatic carbocycles. The van der Waals surface area contributed by atoms with Crippen LogP contribution in [-0.4, -0.2) is 32.8 Å². The van der Waals surface area contributed by atoms with Crippen LogP contribution in [0.2, 0.25) is 0 Å². The second kappa shape index (κ2) is 4.50. The molecule has 0 saturated carbocycles. The molecule has 0 amide bonds. The number of hydrogen-bond donors (Lipinski definition) is 1. The molecule has 0 aliphatic rings. The molecule has 4 nitrogen and oxygen atoms in total. The fraction of sp³-hybridized carbons (Fsp3) is 0.556. The predicted octanol–water partition coefficient (Wildman–Crippen LogP) is 1.91. The van der Waals surface area contributed by atoms with Crippen molar-refractivity contribution in [2.24, 2.45) is 10.6 Å². The van der Waals surface area contributed by atoms with Gasteiger partial charge in [0.15, 0.2) is 5.84 Å². The van der Waals surface area contributed by atoms with E-state index in [2.05, 4.69) is 10.3 Å². The average Bonchev–Trinajstić information content (AvgIpc) is 2.57. The molecule has 0 aliphatic heterocycles. The lowest BCUT2D eigenvalue weighted by atomic mass is 9.95. The lowest BCUT2D eigenvalue weighted by Gasteiger charge is -2.23. The fourth-order valence-corrected chi connectivity index (χ4v) is 2.16. The number of oxime groups is 1. The molecule has 5 heteroatoms. The zero-order chi connectivity index (χ0) is 10.6. The Morgan fingerprint density at radius 1 is 1.64 bits per heavy atom. The molecule has 14 heavy (non-hydrogen) atoms. The Kier molecular flexibility index (Phi) is 3.57. The van der Waals surface area contributed by atoms with E-state index >= 15 is 0 Å². The van der Waals surface area contributed by atoms with Gasteiger partial charge in [0, 0.05) is 23.6 Å². The highest BCUT2D eigenvalue weighted by atomic mass is 32.2. The lowest BCUT2D eigenvalue weighted by Crippen LogP contribution is -2.33. The van der Waals surface area contributed by atoms with Crippen molar-refractivity contribution in [3.63, 3.8) is 0 Å². The second-order valence-electron chi connectivity index (χ2n) is 3.69. The van der Waals surface area contributed by atoms with Crippen LogP contribution in [0.5, 0.6) is 0 Å². The summed E-state index contributed by atoms with van der Waals surface area (Å²) in [5.41, 5.74) is -0.194. The molecule has 0 saturated heterocycles. The highest BCUT2D eigenvalue weighted by Crippen LogP contribution is 2.23. The molecule has 0 unspecified atom stereocenters. The monoisotopic (exact) mass is 213 g/mol. The van der Waals surface area contributed by atoms with Gasteiger partial charge in [-0.15, -0.1) is 0 Å². The minimum Gasteiger partial charge on any atom is -0.409 e. The van der Waals surface area contributed by atoms with Gasteiger partial charge in [-0.3, -0.25) is 0 Å².